The molecule has 3 aromatic rings. The number of anilines is 3. The Morgan fingerprint density at radius 1 is 0.717 bits per heavy atom. The van der Waals surface area contributed by atoms with Gasteiger partial charge in [-0.15, -0.1) is 20.4 Å². The Morgan fingerprint density at radius 3 is 1.87 bits per heavy atom. The van der Waals surface area contributed by atoms with Crippen LogP contribution in [0, 0.1) is 36.5 Å². The van der Waals surface area contributed by atoms with Crippen LogP contribution in [0.25, 0.3) is 5.95 Å². The van der Waals surface area contributed by atoms with Gasteiger partial charge in [-0.3, -0.25) is 0 Å². The third-order valence-electron chi connectivity index (χ3n) is 9.93. The fraction of sp³-hybridized carbons (Fsp3) is 0.795. The van der Waals surface area contributed by atoms with Gasteiger partial charge >= 0.3 is 0 Å². The molecule has 0 saturated heterocycles. The number of aromatic nitrogens is 7. The van der Waals surface area contributed by atoms with Crippen molar-refractivity contribution in [2.75, 3.05) is 35.2 Å². The molecule has 14 heteroatoms. The number of rotatable bonds is 28. The lowest BCUT2D eigenvalue weighted by molar-refractivity contribution is 0.409. The van der Waals surface area contributed by atoms with Crippen molar-refractivity contribution in [3.63, 3.8) is 0 Å². The summed E-state index contributed by atoms with van der Waals surface area (Å²) in [5.41, 5.74) is 7.75. The average molecular weight is 771 g/mol. The molecule has 0 spiro atoms. The van der Waals surface area contributed by atoms with Gasteiger partial charge in [0.25, 0.3) is 11.1 Å². The van der Waals surface area contributed by atoms with Crippen LogP contribution >= 0.6 is 23.1 Å². The van der Waals surface area contributed by atoms with E-state index in [1.54, 1.807) is 11.8 Å². The van der Waals surface area contributed by atoms with E-state index in [0.29, 0.717) is 57.9 Å². The van der Waals surface area contributed by atoms with Crippen molar-refractivity contribution in [1.82, 2.24) is 34.9 Å². The van der Waals surface area contributed by atoms with E-state index in [9.17, 15) is 0 Å². The number of azo groups is 1. The van der Waals surface area contributed by atoms with Gasteiger partial charge < -0.3 is 16.4 Å². The van der Waals surface area contributed by atoms with Crippen LogP contribution in [0.4, 0.5) is 28.5 Å². The maximum atomic E-state index is 6.67. The van der Waals surface area contributed by atoms with Crippen LogP contribution in [0.5, 0.6) is 0 Å². The van der Waals surface area contributed by atoms with Gasteiger partial charge in [-0.25, -0.2) is 0 Å². The molecule has 0 amide bonds. The molecule has 0 bridgehead atoms. The topological polar surface area (TPSA) is 157 Å². The molecule has 4 N–H and O–H groups in total. The van der Waals surface area contributed by atoms with Crippen molar-refractivity contribution >= 4 is 51.6 Å². The van der Waals surface area contributed by atoms with E-state index in [0.717, 1.165) is 47.9 Å². The van der Waals surface area contributed by atoms with E-state index in [1.807, 2.05) is 6.92 Å². The summed E-state index contributed by atoms with van der Waals surface area (Å²) in [6, 6.07) is 0. The monoisotopic (exact) mass is 771 g/mol. The normalized spacial score (nSPS) is 13.7. The molecule has 0 radical (unpaired) electrons. The summed E-state index contributed by atoms with van der Waals surface area (Å²) in [5.74, 6) is 5.96. The number of nitrogens with one attached hydrogen (secondary N) is 2. The molecule has 3 aromatic heterocycles. The Labute approximate surface area is 328 Å². The van der Waals surface area contributed by atoms with Gasteiger partial charge in [-0.05, 0) is 62.2 Å². The highest BCUT2D eigenvalue weighted by Crippen LogP contribution is 2.34. The lowest BCUT2D eigenvalue weighted by Crippen LogP contribution is -2.20. The Bertz CT molecular complexity index is 1430. The molecule has 0 aromatic carbocycles. The van der Waals surface area contributed by atoms with E-state index < -0.39 is 0 Å². The predicted octanol–water partition coefficient (Wildman–Crippen LogP) is 11.8. The van der Waals surface area contributed by atoms with E-state index >= 15 is 0 Å². The van der Waals surface area contributed by atoms with E-state index in [4.69, 9.17) is 25.8 Å². The van der Waals surface area contributed by atoms with Gasteiger partial charge in [-0.2, -0.15) is 24.7 Å². The molecule has 53 heavy (non-hydrogen) atoms. The molecule has 298 valence electrons. The smallest absolute Gasteiger partial charge is 0.259 e. The third-order valence-corrected chi connectivity index (χ3v) is 12.1. The predicted molar refractivity (Wildman–Crippen MR) is 225 cm³/mol. The Balaban J connectivity index is 1.76. The highest BCUT2D eigenvalue weighted by Gasteiger charge is 2.20. The number of hydrogen-bond donors (Lipinski definition) is 3. The highest BCUT2D eigenvalue weighted by atomic mass is 32.2. The minimum absolute atomic E-state index is 0.308. The van der Waals surface area contributed by atoms with Crippen LogP contribution < -0.4 is 16.4 Å². The zero-order valence-corrected chi connectivity index (χ0v) is 36.0. The van der Waals surface area contributed by atoms with Crippen molar-refractivity contribution in [2.24, 2.45) is 39.8 Å². The summed E-state index contributed by atoms with van der Waals surface area (Å²) in [6.07, 6.45) is 17.0. The fourth-order valence-electron chi connectivity index (χ4n) is 6.24. The first-order valence-electron chi connectivity index (χ1n) is 20.5. The minimum Gasteiger partial charge on any atom is -0.382 e. The summed E-state index contributed by atoms with van der Waals surface area (Å²) < 4.78 is 2.45. The summed E-state index contributed by atoms with van der Waals surface area (Å²) in [4.78, 5) is 14.3. The molecule has 0 aliphatic rings. The van der Waals surface area contributed by atoms with Crippen LogP contribution in [0.2, 0.25) is 0 Å². The maximum absolute atomic E-state index is 6.67. The largest absolute Gasteiger partial charge is 0.382 e. The number of thioether (sulfide) groups is 1. The molecule has 3 atom stereocenters. The zero-order valence-electron chi connectivity index (χ0n) is 34.3. The number of nitrogens with zero attached hydrogens (tertiary/aromatic N) is 9. The molecule has 12 nitrogen and oxygen atoms in total. The Hall–Kier alpha value is -2.87. The second-order valence-corrected chi connectivity index (χ2v) is 17.7. The molecule has 3 unspecified atom stereocenters. The van der Waals surface area contributed by atoms with E-state index in [1.165, 1.54) is 93.1 Å². The molecule has 0 aliphatic heterocycles. The average Bonchev–Trinajstić information content (AvgIpc) is 3.72. The number of aryl methyl sites for hydroxylation is 1. The van der Waals surface area contributed by atoms with E-state index in [2.05, 4.69) is 86.4 Å². The second kappa shape index (κ2) is 24.5. The quantitative estimate of drug-likeness (QED) is 0.0369. The van der Waals surface area contributed by atoms with Crippen LogP contribution in [0.3, 0.4) is 0 Å². The van der Waals surface area contributed by atoms with Gasteiger partial charge in [0.15, 0.2) is 15.8 Å². The number of nitrogens with two attached hydrogens (primary N) is 1. The lowest BCUT2D eigenvalue weighted by atomic mass is 9.93. The van der Waals surface area contributed by atoms with Gasteiger partial charge in [0.05, 0.1) is 5.69 Å². The van der Waals surface area contributed by atoms with Crippen molar-refractivity contribution in [2.45, 2.75) is 157 Å². The molecular weight excluding hydrogens is 701 g/mol. The molecular formula is C39H70N12S2. The zero-order chi connectivity index (χ0) is 38.6. The fourth-order valence-corrected chi connectivity index (χ4v) is 8.11. The summed E-state index contributed by atoms with van der Waals surface area (Å²) in [7, 11) is 0. The Morgan fingerprint density at radius 2 is 1.30 bits per heavy atom. The SMILES string of the molecule is CCCCC(CC)CNc1nc(NCC(CC)CCCC)nc(-n2nc(C)c(N=Nc3nnc(SCC(CCCCC(C)C)CCC(C)C)s3)c2N)n1. The van der Waals surface area contributed by atoms with Crippen molar-refractivity contribution in [3.8, 4) is 5.95 Å². The van der Waals surface area contributed by atoms with Crippen LogP contribution in [0.15, 0.2) is 14.6 Å². The first-order valence-corrected chi connectivity index (χ1v) is 22.3. The standard InChI is InChI=1S/C39H70N12S2/c1-10-14-19-30(12-3)24-41-35-43-36(42-25-31(13-4)20-15-11-2)45-37(44-35)51-34(40)33(29(9)50-51)46-47-38-48-49-39(53-38)52-26-32(23-22-28(7)8)21-17-16-18-27(5)6/h27-28,30-32H,10-26,40H2,1-9H3,(H2,41,42,43,44,45). The molecule has 0 fully saturated rings. The molecule has 3 rings (SSSR count). The first kappa shape index (κ1) is 44.5. The summed E-state index contributed by atoms with van der Waals surface area (Å²) in [5, 5.41) is 29.8. The maximum Gasteiger partial charge on any atom is 0.259 e. The van der Waals surface area contributed by atoms with Crippen molar-refractivity contribution < 1.29 is 0 Å². The minimum atomic E-state index is 0.308. The van der Waals surface area contributed by atoms with Gasteiger partial charge in [0.1, 0.15) is 0 Å². The van der Waals surface area contributed by atoms with E-state index in [-0.39, 0.29) is 0 Å². The van der Waals surface area contributed by atoms with Crippen LogP contribution in [0.1, 0.15) is 151 Å². The highest BCUT2D eigenvalue weighted by molar-refractivity contribution is 8.01. The number of hydrogen-bond acceptors (Lipinski definition) is 13. The second-order valence-electron chi connectivity index (χ2n) is 15.5. The molecule has 0 aliphatic carbocycles. The summed E-state index contributed by atoms with van der Waals surface area (Å²) >= 11 is 3.25. The number of unbranched alkanes of at least 4 members (excludes halogenated alkanes) is 3. The molecule has 0 saturated carbocycles. The van der Waals surface area contributed by atoms with Gasteiger partial charge in [0, 0.05) is 18.8 Å². The first-order chi connectivity index (χ1) is 25.6. The Kier molecular flexibility index (Phi) is 20.6. The van der Waals surface area contributed by atoms with Gasteiger partial charge in [-0.1, -0.05) is 143 Å². The van der Waals surface area contributed by atoms with Gasteiger partial charge in [0.2, 0.25) is 11.9 Å². The number of nitrogen functional groups attached to an aromatic ring is 1. The molecule has 3 heterocycles. The van der Waals surface area contributed by atoms with Crippen molar-refractivity contribution in [1.29, 1.82) is 0 Å². The van der Waals surface area contributed by atoms with Crippen molar-refractivity contribution in [3.05, 3.63) is 5.69 Å². The summed E-state index contributed by atoms with van der Waals surface area (Å²) in [6.45, 7) is 21.6. The van der Waals surface area contributed by atoms with Crippen LogP contribution in [-0.2, 0) is 0 Å². The van der Waals surface area contributed by atoms with Crippen LogP contribution in [-0.4, -0.2) is 53.8 Å². The third kappa shape index (κ3) is 16.2. The lowest BCUT2D eigenvalue weighted by Gasteiger charge is -2.17.